The lowest BCUT2D eigenvalue weighted by Gasteiger charge is -2.13. The van der Waals surface area contributed by atoms with E-state index in [-0.39, 0.29) is 0 Å². The van der Waals surface area contributed by atoms with E-state index in [1.165, 1.54) is 0 Å². The highest BCUT2D eigenvalue weighted by molar-refractivity contribution is 6.17. The van der Waals surface area contributed by atoms with Gasteiger partial charge in [-0.2, -0.15) is 19.9 Å². The van der Waals surface area contributed by atoms with E-state index < -0.39 is 0 Å². The van der Waals surface area contributed by atoms with Gasteiger partial charge in [0.05, 0.1) is 22.1 Å². The summed E-state index contributed by atoms with van der Waals surface area (Å²) in [5, 5.41) is 14.3. The highest BCUT2D eigenvalue weighted by Crippen LogP contribution is 2.43. The van der Waals surface area contributed by atoms with Crippen LogP contribution < -0.4 is 0 Å². The van der Waals surface area contributed by atoms with Gasteiger partial charge >= 0.3 is 0 Å². The van der Waals surface area contributed by atoms with Gasteiger partial charge in [-0.25, -0.2) is 9.97 Å². The molecule has 0 unspecified atom stereocenters. The highest BCUT2D eigenvalue weighted by atomic mass is 15.3. The minimum absolute atomic E-state index is 0.509. The van der Waals surface area contributed by atoms with Crippen LogP contribution in [0.1, 0.15) is 0 Å². The van der Waals surface area contributed by atoms with Crippen LogP contribution in [-0.4, -0.2) is 53.8 Å². The van der Waals surface area contributed by atoms with Crippen molar-refractivity contribution in [1.29, 1.82) is 0 Å². The molecular weight excluding hydrogens is 899 g/mol. The van der Waals surface area contributed by atoms with Crippen LogP contribution in [0.15, 0.2) is 237 Å². The van der Waals surface area contributed by atoms with E-state index in [1.807, 2.05) is 140 Å². The molecule has 11 heteroatoms. The Morgan fingerprint density at radius 1 is 0.247 bits per heavy atom. The number of aromatic nitrogens is 11. The van der Waals surface area contributed by atoms with E-state index >= 15 is 0 Å². The Labute approximate surface area is 418 Å². The lowest BCUT2D eigenvalue weighted by Crippen LogP contribution is -2.06. The summed E-state index contributed by atoms with van der Waals surface area (Å²) >= 11 is 0. The van der Waals surface area contributed by atoms with Crippen molar-refractivity contribution in [2.24, 2.45) is 0 Å². The molecule has 0 atom stereocenters. The molecular formula is C62H39N11. The molecule has 11 nitrogen and oxygen atoms in total. The summed E-state index contributed by atoms with van der Waals surface area (Å²) in [5.41, 5.74) is 10.0. The molecule has 0 aliphatic rings. The van der Waals surface area contributed by atoms with Gasteiger partial charge in [-0.3, -0.25) is 13.7 Å². The normalized spacial score (nSPS) is 11.6. The lowest BCUT2D eigenvalue weighted by atomic mass is 10.0. The van der Waals surface area contributed by atoms with Crippen molar-refractivity contribution in [3.05, 3.63) is 237 Å². The van der Waals surface area contributed by atoms with E-state index in [2.05, 4.69) is 111 Å². The predicted molar refractivity (Wildman–Crippen MR) is 289 cm³/mol. The SMILES string of the molecule is c1ccc(-c2nc(-c3ccccc3)nc(-n3c4ccccc4c4c(-c5nnc(-c6cccc7c6c6ccccc6n7-c6nc(-c7ccccc7)nc(-c7ccccc7)n6)n5-c5ccccc5)cccc43)n2)cc1. The first kappa shape index (κ1) is 41.7. The quantitative estimate of drug-likeness (QED) is 0.140. The zero-order valence-electron chi connectivity index (χ0n) is 38.9. The van der Waals surface area contributed by atoms with Gasteiger partial charge in [0.1, 0.15) is 0 Å². The van der Waals surface area contributed by atoms with Crippen molar-refractivity contribution < 1.29 is 0 Å². The number of para-hydroxylation sites is 3. The molecule has 0 aliphatic heterocycles. The molecule has 14 aromatic rings. The molecule has 5 aromatic heterocycles. The number of rotatable bonds is 9. The number of hydrogen-bond donors (Lipinski definition) is 0. The predicted octanol–water partition coefficient (Wildman–Crippen LogP) is 13.8. The fourth-order valence-corrected chi connectivity index (χ4v) is 10.1. The van der Waals surface area contributed by atoms with E-state index in [0.29, 0.717) is 46.8 Å². The third kappa shape index (κ3) is 7.05. The number of hydrogen-bond acceptors (Lipinski definition) is 8. The molecule has 0 fully saturated rings. The zero-order valence-corrected chi connectivity index (χ0v) is 38.9. The van der Waals surface area contributed by atoms with Gasteiger partial charge in [0, 0.05) is 60.6 Å². The maximum Gasteiger partial charge on any atom is 0.238 e. The third-order valence-corrected chi connectivity index (χ3v) is 13.3. The van der Waals surface area contributed by atoms with E-state index in [0.717, 1.165) is 82.7 Å². The molecule has 0 radical (unpaired) electrons. The van der Waals surface area contributed by atoms with E-state index in [9.17, 15) is 0 Å². The van der Waals surface area contributed by atoms with Crippen LogP contribution in [0.2, 0.25) is 0 Å². The summed E-state index contributed by atoms with van der Waals surface area (Å²) in [6.45, 7) is 0. The molecule has 14 rings (SSSR count). The van der Waals surface area contributed by atoms with Crippen molar-refractivity contribution in [3.8, 4) is 85.9 Å². The average molecular weight is 938 g/mol. The van der Waals surface area contributed by atoms with Gasteiger partial charge in [0.2, 0.25) is 11.9 Å². The monoisotopic (exact) mass is 937 g/mol. The molecule has 0 saturated heterocycles. The number of nitrogens with zero attached hydrogens (tertiary/aromatic N) is 11. The Morgan fingerprint density at radius 2 is 0.562 bits per heavy atom. The van der Waals surface area contributed by atoms with Gasteiger partial charge in [-0.1, -0.05) is 200 Å². The summed E-state index contributed by atoms with van der Waals surface area (Å²) in [6, 6.07) is 80.0. The second kappa shape index (κ2) is 17.3. The largest absolute Gasteiger partial charge is 0.278 e. The minimum Gasteiger partial charge on any atom is -0.278 e. The van der Waals surface area contributed by atoms with Crippen LogP contribution >= 0.6 is 0 Å². The van der Waals surface area contributed by atoms with Crippen molar-refractivity contribution in [3.63, 3.8) is 0 Å². The molecule has 9 aromatic carbocycles. The van der Waals surface area contributed by atoms with Gasteiger partial charge in [-0.05, 0) is 36.4 Å². The van der Waals surface area contributed by atoms with Gasteiger partial charge in [0.25, 0.3) is 0 Å². The Kier molecular flexibility index (Phi) is 9.88. The van der Waals surface area contributed by atoms with Crippen LogP contribution in [0.4, 0.5) is 0 Å². The molecule has 0 aliphatic carbocycles. The van der Waals surface area contributed by atoms with Gasteiger partial charge < -0.3 is 0 Å². The summed E-state index contributed by atoms with van der Waals surface area (Å²) in [6.07, 6.45) is 0. The molecule has 73 heavy (non-hydrogen) atoms. The minimum atomic E-state index is 0.509. The second-order valence-electron chi connectivity index (χ2n) is 17.7. The summed E-state index contributed by atoms with van der Waals surface area (Å²) in [5.74, 6) is 4.71. The fourth-order valence-electron chi connectivity index (χ4n) is 10.1. The zero-order chi connectivity index (χ0) is 48.2. The molecule has 0 spiro atoms. The Morgan fingerprint density at radius 3 is 0.932 bits per heavy atom. The molecule has 5 heterocycles. The maximum absolute atomic E-state index is 5.19. The van der Waals surface area contributed by atoms with Crippen LogP contribution in [0, 0.1) is 0 Å². The van der Waals surface area contributed by atoms with Gasteiger partial charge in [0.15, 0.2) is 34.9 Å². The van der Waals surface area contributed by atoms with Crippen molar-refractivity contribution >= 4 is 43.6 Å². The smallest absolute Gasteiger partial charge is 0.238 e. The summed E-state index contributed by atoms with van der Waals surface area (Å²) in [7, 11) is 0. The number of fused-ring (bicyclic) bond motifs is 6. The first-order chi connectivity index (χ1) is 36.2. The van der Waals surface area contributed by atoms with Crippen molar-refractivity contribution in [1.82, 2.24) is 53.8 Å². The van der Waals surface area contributed by atoms with Gasteiger partial charge in [-0.15, -0.1) is 10.2 Å². The maximum atomic E-state index is 5.19. The Hall–Kier alpha value is -10.3. The Bertz CT molecular complexity index is 3980. The van der Waals surface area contributed by atoms with Crippen LogP contribution in [0.3, 0.4) is 0 Å². The Balaban J connectivity index is 1.00. The molecule has 342 valence electrons. The second-order valence-corrected chi connectivity index (χ2v) is 17.7. The lowest BCUT2D eigenvalue weighted by molar-refractivity contribution is 0.953. The summed E-state index contributed by atoms with van der Waals surface area (Å²) < 4.78 is 6.46. The van der Waals surface area contributed by atoms with E-state index in [4.69, 9.17) is 40.1 Å². The first-order valence-corrected chi connectivity index (χ1v) is 24.0. The van der Waals surface area contributed by atoms with Crippen LogP contribution in [0.25, 0.3) is 130 Å². The fraction of sp³-hybridized carbons (Fsp3) is 0. The molecule has 0 amide bonds. The van der Waals surface area contributed by atoms with Crippen molar-refractivity contribution in [2.75, 3.05) is 0 Å². The first-order valence-electron chi connectivity index (χ1n) is 24.0. The van der Waals surface area contributed by atoms with E-state index in [1.54, 1.807) is 0 Å². The van der Waals surface area contributed by atoms with Crippen LogP contribution in [-0.2, 0) is 0 Å². The molecule has 0 saturated carbocycles. The highest BCUT2D eigenvalue weighted by Gasteiger charge is 2.27. The molecule has 0 N–H and O–H groups in total. The topological polar surface area (TPSA) is 118 Å². The van der Waals surface area contributed by atoms with Crippen molar-refractivity contribution in [2.45, 2.75) is 0 Å². The average Bonchev–Trinajstić information content (AvgIpc) is 4.17. The third-order valence-electron chi connectivity index (χ3n) is 13.3. The van der Waals surface area contributed by atoms with Crippen LogP contribution in [0.5, 0.6) is 0 Å². The molecule has 0 bridgehead atoms. The standard InChI is InChI=1S/C62H39N11/c1-6-22-40(23-7-1)55-63-56(41-24-8-2-9-25-41)66-61(65-55)72-49-36-18-16-32-45(49)53-47(34-20-38-51(53)72)59-69-70-60(71(59)44-30-14-5-15-31-44)48-35-21-39-52-54(48)46-33-17-19-37-50(46)73(52)62-67-57(42-26-10-3-11-27-42)64-58(68-62)43-28-12-4-13-29-43/h1-39H. The summed E-state index contributed by atoms with van der Waals surface area (Å²) in [4.78, 5) is 30.8. The number of benzene rings is 9.